The van der Waals surface area contributed by atoms with Crippen molar-refractivity contribution < 1.29 is 0 Å². The quantitative estimate of drug-likeness (QED) is 0.792. The van der Waals surface area contributed by atoms with Gasteiger partial charge in [-0.05, 0) is 13.5 Å². The highest BCUT2D eigenvalue weighted by atomic mass is 35.5. The molecule has 2 rings (SSSR count). The summed E-state index contributed by atoms with van der Waals surface area (Å²) in [5, 5.41) is 3.71. The van der Waals surface area contributed by atoms with E-state index < -0.39 is 0 Å². The lowest BCUT2D eigenvalue weighted by molar-refractivity contribution is 0.616. The van der Waals surface area contributed by atoms with E-state index in [1.165, 1.54) is 0 Å². The normalized spacial score (nSPS) is 21.6. The minimum atomic E-state index is 0.454. The molecule has 4 nitrogen and oxygen atoms in total. The van der Waals surface area contributed by atoms with E-state index in [0.29, 0.717) is 11.2 Å². The zero-order valence-electron chi connectivity index (χ0n) is 8.07. The number of halogens is 1. The number of rotatable bonds is 2. The van der Waals surface area contributed by atoms with Crippen molar-refractivity contribution in [3.05, 3.63) is 17.5 Å². The molecule has 0 aromatic carbocycles. The van der Waals surface area contributed by atoms with E-state index >= 15 is 0 Å². The van der Waals surface area contributed by atoms with Crippen molar-refractivity contribution in [3.63, 3.8) is 0 Å². The molecule has 5 heteroatoms. The van der Waals surface area contributed by atoms with E-state index in [9.17, 15) is 0 Å². The van der Waals surface area contributed by atoms with Gasteiger partial charge in [0, 0.05) is 19.1 Å². The van der Waals surface area contributed by atoms with Gasteiger partial charge in [-0.2, -0.15) is 0 Å². The second kappa shape index (κ2) is 4.11. The minimum absolute atomic E-state index is 0.454. The van der Waals surface area contributed by atoms with Crippen LogP contribution in [-0.4, -0.2) is 36.1 Å². The lowest BCUT2D eigenvalue weighted by Gasteiger charge is -2.16. The van der Waals surface area contributed by atoms with Gasteiger partial charge in [0.25, 0.3) is 0 Å². The molecule has 0 bridgehead atoms. The van der Waals surface area contributed by atoms with Crippen LogP contribution >= 0.6 is 11.6 Å². The molecule has 1 atom stereocenters. The van der Waals surface area contributed by atoms with Gasteiger partial charge in [0.05, 0.1) is 12.4 Å². The van der Waals surface area contributed by atoms with Gasteiger partial charge in [-0.15, -0.1) is 0 Å². The molecule has 1 saturated heterocycles. The Balaban J connectivity index is 2.09. The van der Waals surface area contributed by atoms with Gasteiger partial charge in [0.15, 0.2) is 0 Å². The molecule has 0 aliphatic carbocycles. The van der Waals surface area contributed by atoms with Gasteiger partial charge in [-0.25, -0.2) is 4.98 Å². The SMILES string of the molecule is CNC1CCN(c2cncc(Cl)n2)C1. The van der Waals surface area contributed by atoms with Crippen LogP contribution in [0.5, 0.6) is 0 Å². The highest BCUT2D eigenvalue weighted by Gasteiger charge is 2.22. The number of aromatic nitrogens is 2. The lowest BCUT2D eigenvalue weighted by Crippen LogP contribution is -2.29. The number of hydrogen-bond acceptors (Lipinski definition) is 4. The van der Waals surface area contributed by atoms with Crippen LogP contribution in [0.2, 0.25) is 5.15 Å². The zero-order chi connectivity index (χ0) is 9.97. The summed E-state index contributed by atoms with van der Waals surface area (Å²) in [7, 11) is 1.98. The standard InChI is InChI=1S/C9H13ClN4/c1-11-7-2-3-14(6-7)9-5-12-4-8(10)13-9/h4-5,7,11H,2-3,6H2,1H3. The van der Waals surface area contributed by atoms with Gasteiger partial charge >= 0.3 is 0 Å². The summed E-state index contributed by atoms with van der Waals surface area (Å²) >= 11 is 5.78. The molecule has 0 amide bonds. The van der Waals surface area contributed by atoms with E-state index in [0.717, 1.165) is 25.3 Å². The van der Waals surface area contributed by atoms with Crippen LogP contribution in [0.3, 0.4) is 0 Å². The van der Waals surface area contributed by atoms with Crippen molar-refractivity contribution in [1.29, 1.82) is 0 Å². The van der Waals surface area contributed by atoms with Crippen LogP contribution in [-0.2, 0) is 0 Å². The summed E-state index contributed by atoms with van der Waals surface area (Å²) in [6.07, 6.45) is 4.45. The minimum Gasteiger partial charge on any atom is -0.354 e. The van der Waals surface area contributed by atoms with E-state index in [2.05, 4.69) is 20.2 Å². The molecular formula is C9H13ClN4. The van der Waals surface area contributed by atoms with Gasteiger partial charge in [-0.3, -0.25) is 4.98 Å². The van der Waals surface area contributed by atoms with Crippen LogP contribution in [0.1, 0.15) is 6.42 Å². The number of likely N-dealkylation sites (N-methyl/N-ethyl adjacent to an activating group) is 1. The van der Waals surface area contributed by atoms with Crippen LogP contribution in [0.25, 0.3) is 0 Å². The predicted molar refractivity (Wildman–Crippen MR) is 56.7 cm³/mol. The van der Waals surface area contributed by atoms with Gasteiger partial charge in [0.2, 0.25) is 0 Å². The highest BCUT2D eigenvalue weighted by Crippen LogP contribution is 2.18. The predicted octanol–water partition coefficient (Wildman–Crippen LogP) is 0.928. The Morgan fingerprint density at radius 3 is 3.07 bits per heavy atom. The Morgan fingerprint density at radius 1 is 1.57 bits per heavy atom. The first-order valence-corrected chi connectivity index (χ1v) is 5.07. The summed E-state index contributed by atoms with van der Waals surface area (Å²) in [6.45, 7) is 1.99. The maximum Gasteiger partial charge on any atom is 0.149 e. The number of nitrogens with zero attached hydrogens (tertiary/aromatic N) is 3. The van der Waals surface area contributed by atoms with E-state index in [-0.39, 0.29) is 0 Å². The molecule has 0 radical (unpaired) electrons. The second-order valence-corrected chi connectivity index (χ2v) is 3.81. The van der Waals surface area contributed by atoms with Crippen molar-refractivity contribution in [2.75, 3.05) is 25.0 Å². The third kappa shape index (κ3) is 1.96. The monoisotopic (exact) mass is 212 g/mol. The number of nitrogens with one attached hydrogen (secondary N) is 1. The molecule has 0 spiro atoms. The van der Waals surface area contributed by atoms with Crippen LogP contribution in [0.4, 0.5) is 5.82 Å². The van der Waals surface area contributed by atoms with Crippen molar-refractivity contribution >= 4 is 17.4 Å². The Hall–Kier alpha value is -0.870. The average Bonchev–Trinajstić information content (AvgIpc) is 2.66. The van der Waals surface area contributed by atoms with E-state index in [4.69, 9.17) is 11.6 Å². The Labute approximate surface area is 88.3 Å². The first-order valence-electron chi connectivity index (χ1n) is 4.69. The van der Waals surface area contributed by atoms with Crippen molar-refractivity contribution in [2.45, 2.75) is 12.5 Å². The first-order chi connectivity index (χ1) is 6.79. The summed E-state index contributed by atoms with van der Waals surface area (Å²) in [6, 6.07) is 0.552. The molecule has 1 aliphatic heterocycles. The molecule has 1 N–H and O–H groups in total. The maximum atomic E-state index is 5.78. The Kier molecular flexibility index (Phi) is 2.84. The van der Waals surface area contributed by atoms with Gasteiger partial charge < -0.3 is 10.2 Å². The zero-order valence-corrected chi connectivity index (χ0v) is 8.83. The molecule has 1 fully saturated rings. The molecule has 1 aromatic rings. The fourth-order valence-corrected chi connectivity index (χ4v) is 1.83. The van der Waals surface area contributed by atoms with Gasteiger partial charge in [0.1, 0.15) is 11.0 Å². The van der Waals surface area contributed by atoms with Crippen LogP contribution in [0.15, 0.2) is 12.4 Å². The fraction of sp³-hybridized carbons (Fsp3) is 0.556. The molecule has 1 aliphatic rings. The largest absolute Gasteiger partial charge is 0.354 e. The first kappa shape index (κ1) is 9.68. The lowest BCUT2D eigenvalue weighted by atomic mass is 10.3. The topological polar surface area (TPSA) is 41.0 Å². The van der Waals surface area contributed by atoms with E-state index in [1.54, 1.807) is 12.4 Å². The van der Waals surface area contributed by atoms with Gasteiger partial charge in [-0.1, -0.05) is 11.6 Å². The highest BCUT2D eigenvalue weighted by molar-refractivity contribution is 6.29. The van der Waals surface area contributed by atoms with Crippen LogP contribution < -0.4 is 10.2 Å². The third-order valence-corrected chi connectivity index (χ3v) is 2.70. The molecule has 14 heavy (non-hydrogen) atoms. The fourth-order valence-electron chi connectivity index (χ4n) is 1.69. The smallest absolute Gasteiger partial charge is 0.149 e. The summed E-state index contributed by atoms with van der Waals surface area (Å²) in [5.74, 6) is 0.871. The Morgan fingerprint density at radius 2 is 2.43 bits per heavy atom. The summed E-state index contributed by atoms with van der Waals surface area (Å²) < 4.78 is 0. The molecule has 2 heterocycles. The summed E-state index contributed by atoms with van der Waals surface area (Å²) in [4.78, 5) is 10.4. The molecular weight excluding hydrogens is 200 g/mol. The molecule has 1 aromatic heterocycles. The van der Waals surface area contributed by atoms with Crippen molar-refractivity contribution in [3.8, 4) is 0 Å². The number of hydrogen-bond donors (Lipinski definition) is 1. The average molecular weight is 213 g/mol. The molecule has 76 valence electrons. The second-order valence-electron chi connectivity index (χ2n) is 3.42. The third-order valence-electron chi connectivity index (χ3n) is 2.51. The molecule has 0 saturated carbocycles. The van der Waals surface area contributed by atoms with E-state index in [1.807, 2.05) is 7.05 Å². The molecule has 1 unspecified atom stereocenters. The summed E-state index contributed by atoms with van der Waals surface area (Å²) in [5.41, 5.74) is 0. The maximum absolute atomic E-state index is 5.78. The van der Waals surface area contributed by atoms with Crippen LogP contribution in [0, 0.1) is 0 Å². The number of anilines is 1. The Bertz CT molecular complexity index is 317. The van der Waals surface area contributed by atoms with Crippen molar-refractivity contribution in [1.82, 2.24) is 15.3 Å². The van der Waals surface area contributed by atoms with Crippen molar-refractivity contribution in [2.24, 2.45) is 0 Å².